The van der Waals surface area contributed by atoms with Crippen molar-refractivity contribution in [3.8, 4) is 0 Å². The second kappa shape index (κ2) is 7.34. The summed E-state index contributed by atoms with van der Waals surface area (Å²) < 4.78 is 0. The van der Waals surface area contributed by atoms with Gasteiger partial charge < -0.3 is 10.2 Å². The molecule has 1 unspecified atom stereocenters. The molecular weight excluding hydrogens is 347 g/mol. The summed E-state index contributed by atoms with van der Waals surface area (Å²) in [6, 6.07) is 10.2. The number of aromatic carboxylic acids is 1. The predicted molar refractivity (Wildman–Crippen MR) is 88.2 cm³/mol. The van der Waals surface area contributed by atoms with Gasteiger partial charge in [-0.25, -0.2) is 4.79 Å². The van der Waals surface area contributed by atoms with Crippen molar-refractivity contribution in [1.29, 1.82) is 0 Å². The van der Waals surface area contributed by atoms with Crippen molar-refractivity contribution in [2.45, 2.75) is 18.9 Å². The van der Waals surface area contributed by atoms with E-state index in [1.54, 1.807) is 6.07 Å². The lowest BCUT2D eigenvalue weighted by molar-refractivity contribution is 0.0697. The van der Waals surface area contributed by atoms with Crippen LogP contribution in [-0.2, 0) is 6.42 Å². The van der Waals surface area contributed by atoms with Crippen molar-refractivity contribution < 1.29 is 15.0 Å². The van der Waals surface area contributed by atoms with Crippen LogP contribution in [0.1, 0.15) is 34.0 Å². The molecule has 2 aromatic rings. The van der Waals surface area contributed by atoms with Crippen molar-refractivity contribution in [3.63, 3.8) is 0 Å². The van der Waals surface area contributed by atoms with Crippen LogP contribution in [0, 0.1) is 0 Å². The van der Waals surface area contributed by atoms with Crippen molar-refractivity contribution in [2.24, 2.45) is 0 Å². The van der Waals surface area contributed by atoms with Crippen molar-refractivity contribution in [3.05, 3.63) is 68.2 Å². The third-order valence-corrected chi connectivity index (χ3v) is 4.09. The van der Waals surface area contributed by atoms with Crippen LogP contribution in [0.4, 0.5) is 0 Å². The van der Waals surface area contributed by atoms with E-state index in [0.717, 1.165) is 5.56 Å². The molecule has 3 nitrogen and oxygen atoms in total. The van der Waals surface area contributed by atoms with Gasteiger partial charge in [-0.1, -0.05) is 46.9 Å². The van der Waals surface area contributed by atoms with Gasteiger partial charge in [-0.05, 0) is 48.2 Å². The molecule has 0 spiro atoms. The topological polar surface area (TPSA) is 57.5 Å². The fourth-order valence-corrected chi connectivity index (χ4v) is 3.03. The first-order valence-electron chi connectivity index (χ1n) is 6.53. The second-order valence-electron chi connectivity index (χ2n) is 4.85. The van der Waals surface area contributed by atoms with Gasteiger partial charge >= 0.3 is 5.97 Å². The molecule has 2 N–H and O–H groups in total. The molecule has 0 bridgehead atoms. The molecule has 0 radical (unpaired) electrons. The summed E-state index contributed by atoms with van der Waals surface area (Å²) >= 11 is 17.7. The van der Waals surface area contributed by atoms with Crippen molar-refractivity contribution in [1.82, 2.24) is 0 Å². The third kappa shape index (κ3) is 4.14. The Morgan fingerprint density at radius 2 is 1.73 bits per heavy atom. The summed E-state index contributed by atoms with van der Waals surface area (Å²) in [6.45, 7) is 0. The van der Waals surface area contributed by atoms with Gasteiger partial charge in [0.05, 0.1) is 21.7 Å². The molecule has 0 fully saturated rings. The molecule has 0 saturated heterocycles. The standard InChI is InChI=1S/C16H13Cl3O3/c17-11-3-1-2-9(6-11)4-5-14(20)10-7-12(18)15(16(21)22)13(19)8-10/h1-3,6-8,14,20H,4-5H2,(H,21,22). The van der Waals surface area contributed by atoms with Crippen LogP contribution in [0.15, 0.2) is 36.4 Å². The van der Waals surface area contributed by atoms with Crippen molar-refractivity contribution in [2.75, 3.05) is 0 Å². The van der Waals surface area contributed by atoms with E-state index in [9.17, 15) is 9.90 Å². The highest BCUT2D eigenvalue weighted by Crippen LogP contribution is 2.31. The Bertz CT molecular complexity index is 678. The van der Waals surface area contributed by atoms with E-state index in [4.69, 9.17) is 39.9 Å². The number of aryl methyl sites for hydroxylation is 1. The average molecular weight is 360 g/mol. The molecular formula is C16H13Cl3O3. The summed E-state index contributed by atoms with van der Waals surface area (Å²) in [5.74, 6) is -1.20. The fourth-order valence-electron chi connectivity index (χ4n) is 2.15. The van der Waals surface area contributed by atoms with Gasteiger partial charge in [-0.2, -0.15) is 0 Å². The van der Waals surface area contributed by atoms with Crippen LogP contribution in [0.5, 0.6) is 0 Å². The third-order valence-electron chi connectivity index (χ3n) is 3.26. The normalized spacial score (nSPS) is 12.2. The highest BCUT2D eigenvalue weighted by molar-refractivity contribution is 6.39. The quantitative estimate of drug-likeness (QED) is 0.789. The van der Waals surface area contributed by atoms with Crippen LogP contribution in [0.25, 0.3) is 0 Å². The molecule has 6 heteroatoms. The number of hydrogen-bond acceptors (Lipinski definition) is 2. The van der Waals surface area contributed by atoms with E-state index in [0.29, 0.717) is 23.4 Å². The van der Waals surface area contributed by atoms with E-state index in [-0.39, 0.29) is 15.6 Å². The number of benzene rings is 2. The molecule has 0 saturated carbocycles. The van der Waals surface area contributed by atoms with Crippen molar-refractivity contribution >= 4 is 40.8 Å². The lowest BCUT2D eigenvalue weighted by atomic mass is 10.00. The lowest BCUT2D eigenvalue weighted by Crippen LogP contribution is -2.04. The van der Waals surface area contributed by atoms with Crippen LogP contribution in [0.3, 0.4) is 0 Å². The minimum Gasteiger partial charge on any atom is -0.478 e. The van der Waals surface area contributed by atoms with E-state index >= 15 is 0 Å². The number of aliphatic hydroxyl groups is 1. The van der Waals surface area contributed by atoms with Gasteiger partial charge in [0.15, 0.2) is 0 Å². The molecule has 22 heavy (non-hydrogen) atoms. The first-order chi connectivity index (χ1) is 10.4. The maximum absolute atomic E-state index is 11.0. The highest BCUT2D eigenvalue weighted by Gasteiger charge is 2.18. The van der Waals surface area contributed by atoms with Gasteiger partial charge in [-0.3, -0.25) is 0 Å². The molecule has 2 aromatic carbocycles. The first kappa shape index (κ1) is 17.1. The SMILES string of the molecule is O=C(O)c1c(Cl)cc(C(O)CCc2cccc(Cl)c2)cc1Cl. The zero-order chi connectivity index (χ0) is 16.3. The number of rotatable bonds is 5. The molecule has 0 aliphatic carbocycles. The first-order valence-corrected chi connectivity index (χ1v) is 7.66. The molecule has 0 heterocycles. The fraction of sp³-hybridized carbons (Fsp3) is 0.188. The summed E-state index contributed by atoms with van der Waals surface area (Å²) in [7, 11) is 0. The average Bonchev–Trinajstić information content (AvgIpc) is 2.43. The van der Waals surface area contributed by atoms with Gasteiger partial charge in [0.1, 0.15) is 0 Å². The number of carboxylic acid groups (broad SMARTS) is 1. The van der Waals surface area contributed by atoms with Gasteiger partial charge in [0.25, 0.3) is 0 Å². The van der Waals surface area contributed by atoms with E-state index in [1.165, 1.54) is 12.1 Å². The predicted octanol–water partition coefficient (Wildman–Crippen LogP) is 5.01. The Labute approximate surface area is 143 Å². The summed E-state index contributed by atoms with van der Waals surface area (Å²) in [4.78, 5) is 11.0. The maximum atomic E-state index is 11.0. The molecule has 0 aromatic heterocycles. The van der Waals surface area contributed by atoms with Gasteiger partial charge in [-0.15, -0.1) is 0 Å². The minimum absolute atomic E-state index is 0.0109. The Hall–Kier alpha value is -1.26. The van der Waals surface area contributed by atoms with E-state index < -0.39 is 12.1 Å². The van der Waals surface area contributed by atoms with E-state index in [2.05, 4.69) is 0 Å². The summed E-state index contributed by atoms with van der Waals surface area (Å²) in [6.07, 6.45) is 0.272. The minimum atomic E-state index is -1.20. The number of carbonyl (C=O) groups is 1. The van der Waals surface area contributed by atoms with Gasteiger partial charge in [0.2, 0.25) is 0 Å². The lowest BCUT2D eigenvalue weighted by Gasteiger charge is -2.13. The van der Waals surface area contributed by atoms with Crippen LogP contribution >= 0.6 is 34.8 Å². The van der Waals surface area contributed by atoms with Gasteiger partial charge in [0, 0.05) is 5.02 Å². The number of halogens is 3. The Kier molecular flexibility index (Phi) is 5.70. The molecule has 2 rings (SSSR count). The Morgan fingerprint density at radius 3 is 2.27 bits per heavy atom. The smallest absolute Gasteiger partial charge is 0.338 e. The Morgan fingerprint density at radius 1 is 1.09 bits per heavy atom. The number of aliphatic hydroxyl groups excluding tert-OH is 1. The Balaban J connectivity index is 2.13. The zero-order valence-electron chi connectivity index (χ0n) is 11.4. The zero-order valence-corrected chi connectivity index (χ0v) is 13.7. The van der Waals surface area contributed by atoms with Crippen LogP contribution in [0.2, 0.25) is 15.1 Å². The highest BCUT2D eigenvalue weighted by atomic mass is 35.5. The summed E-state index contributed by atoms with van der Waals surface area (Å²) in [5, 5.41) is 19.9. The molecule has 1 atom stereocenters. The number of carboxylic acids is 1. The van der Waals surface area contributed by atoms with E-state index in [1.807, 2.05) is 18.2 Å². The second-order valence-corrected chi connectivity index (χ2v) is 6.10. The molecule has 0 aliphatic heterocycles. The monoisotopic (exact) mass is 358 g/mol. The molecule has 0 amide bonds. The number of hydrogen-bond donors (Lipinski definition) is 2. The van der Waals surface area contributed by atoms with Crippen LogP contribution < -0.4 is 0 Å². The molecule has 116 valence electrons. The largest absolute Gasteiger partial charge is 0.478 e. The summed E-state index contributed by atoms with van der Waals surface area (Å²) in [5.41, 5.74) is 1.34. The van der Waals surface area contributed by atoms with Crippen LogP contribution in [-0.4, -0.2) is 16.2 Å². The maximum Gasteiger partial charge on any atom is 0.338 e. The molecule has 0 aliphatic rings.